The van der Waals surface area contributed by atoms with E-state index in [0.717, 1.165) is 22.0 Å². The number of benzene rings is 1. The lowest BCUT2D eigenvalue weighted by Crippen LogP contribution is -2.10. The van der Waals surface area contributed by atoms with Crippen LogP contribution in [0.3, 0.4) is 0 Å². The van der Waals surface area contributed by atoms with Crippen LogP contribution in [0, 0.1) is 5.92 Å². The standard InChI is InChI=1S/C24H26N2S/c1-24(2,3)21-15-13-20(14-16-21)23-26-25-22(27-23)19-11-9-18(10-12-19)17-7-5-4-6-8-17/h5,7-9,11-16,18H,4,6,10H2,1-3H3. The fraction of sp³-hybridized carbons (Fsp3) is 0.333. The van der Waals surface area contributed by atoms with E-state index >= 15 is 0 Å². The van der Waals surface area contributed by atoms with E-state index in [9.17, 15) is 0 Å². The van der Waals surface area contributed by atoms with Gasteiger partial charge in [-0.1, -0.05) is 92.8 Å². The molecule has 0 radical (unpaired) electrons. The number of rotatable bonds is 3. The Kier molecular flexibility index (Phi) is 4.96. The minimum atomic E-state index is 0.169. The molecule has 2 aliphatic rings. The first-order valence-electron chi connectivity index (χ1n) is 9.70. The molecule has 2 nitrogen and oxygen atoms in total. The molecular weight excluding hydrogens is 348 g/mol. The van der Waals surface area contributed by atoms with Crippen molar-refractivity contribution >= 4 is 16.9 Å². The summed E-state index contributed by atoms with van der Waals surface area (Å²) >= 11 is 1.67. The number of nitrogens with zero attached hydrogens (tertiary/aromatic N) is 2. The van der Waals surface area contributed by atoms with E-state index in [-0.39, 0.29) is 5.41 Å². The SMILES string of the molecule is CC(C)(C)c1ccc(-c2nnc(C3=CCC(C4=CCCC=C4)C=C3)s2)cc1. The van der Waals surface area contributed by atoms with Crippen LogP contribution >= 0.6 is 11.3 Å². The van der Waals surface area contributed by atoms with Crippen molar-refractivity contribution < 1.29 is 0 Å². The fourth-order valence-corrected chi connectivity index (χ4v) is 4.37. The van der Waals surface area contributed by atoms with Crippen LogP contribution in [0.25, 0.3) is 16.1 Å². The molecule has 0 aliphatic heterocycles. The third kappa shape index (κ3) is 4.03. The molecule has 0 saturated carbocycles. The predicted octanol–water partition coefficient (Wildman–Crippen LogP) is 6.74. The summed E-state index contributed by atoms with van der Waals surface area (Å²) in [6, 6.07) is 8.72. The van der Waals surface area contributed by atoms with E-state index in [4.69, 9.17) is 0 Å². The molecule has 1 aromatic carbocycles. The number of hydrogen-bond acceptors (Lipinski definition) is 3. The van der Waals surface area contributed by atoms with Crippen LogP contribution in [0.2, 0.25) is 0 Å². The van der Waals surface area contributed by atoms with Crippen LogP contribution in [-0.4, -0.2) is 10.2 Å². The molecule has 0 spiro atoms. The van der Waals surface area contributed by atoms with Gasteiger partial charge in [0.2, 0.25) is 0 Å². The van der Waals surface area contributed by atoms with Gasteiger partial charge in [-0.25, -0.2) is 0 Å². The number of hydrogen-bond donors (Lipinski definition) is 0. The lowest BCUT2D eigenvalue weighted by molar-refractivity contribution is 0.590. The molecule has 0 N–H and O–H groups in total. The smallest absolute Gasteiger partial charge is 0.138 e. The second kappa shape index (κ2) is 7.40. The van der Waals surface area contributed by atoms with Gasteiger partial charge in [-0.2, -0.15) is 0 Å². The highest BCUT2D eigenvalue weighted by Gasteiger charge is 2.17. The zero-order valence-corrected chi connectivity index (χ0v) is 17.1. The van der Waals surface area contributed by atoms with Gasteiger partial charge in [0.15, 0.2) is 0 Å². The van der Waals surface area contributed by atoms with Crippen molar-refractivity contribution in [1.82, 2.24) is 10.2 Å². The molecule has 0 fully saturated rings. The molecule has 1 unspecified atom stereocenters. The lowest BCUT2D eigenvalue weighted by atomic mass is 9.87. The Hall–Kier alpha value is -2.26. The monoisotopic (exact) mass is 374 g/mol. The molecule has 1 heterocycles. The first-order chi connectivity index (χ1) is 13.0. The highest BCUT2D eigenvalue weighted by Crippen LogP contribution is 2.34. The summed E-state index contributed by atoms with van der Waals surface area (Å²) in [5.74, 6) is 0.502. The van der Waals surface area contributed by atoms with Gasteiger partial charge in [0.1, 0.15) is 10.0 Å². The Bertz CT molecular complexity index is 934. The second-order valence-electron chi connectivity index (χ2n) is 8.28. The van der Waals surface area contributed by atoms with Gasteiger partial charge >= 0.3 is 0 Å². The average Bonchev–Trinajstić information content (AvgIpc) is 3.18. The summed E-state index contributed by atoms with van der Waals surface area (Å²) in [7, 11) is 0. The van der Waals surface area contributed by atoms with Crippen molar-refractivity contribution in [2.45, 2.75) is 45.4 Å². The summed E-state index contributed by atoms with van der Waals surface area (Å²) in [5, 5.41) is 10.9. The Morgan fingerprint density at radius 3 is 2.33 bits per heavy atom. The van der Waals surface area contributed by atoms with Gasteiger partial charge in [0.05, 0.1) is 0 Å². The molecule has 4 rings (SSSR count). The second-order valence-corrected chi connectivity index (χ2v) is 9.26. The summed E-state index contributed by atoms with van der Waals surface area (Å²) in [6.07, 6.45) is 17.1. The van der Waals surface area contributed by atoms with Crippen LogP contribution in [0.1, 0.15) is 50.6 Å². The Morgan fingerprint density at radius 1 is 0.926 bits per heavy atom. The van der Waals surface area contributed by atoms with Gasteiger partial charge in [0, 0.05) is 17.1 Å². The zero-order chi connectivity index (χ0) is 18.9. The van der Waals surface area contributed by atoms with E-state index < -0.39 is 0 Å². The van der Waals surface area contributed by atoms with Crippen molar-refractivity contribution in [1.29, 1.82) is 0 Å². The maximum Gasteiger partial charge on any atom is 0.148 e. The first-order valence-corrected chi connectivity index (χ1v) is 10.5. The molecule has 2 aromatic rings. The normalized spacial score (nSPS) is 19.7. The van der Waals surface area contributed by atoms with Gasteiger partial charge in [-0.05, 0) is 35.8 Å². The fourth-order valence-electron chi connectivity index (χ4n) is 3.50. The maximum atomic E-state index is 4.45. The van der Waals surface area contributed by atoms with Gasteiger partial charge < -0.3 is 0 Å². The Labute approximate surface area is 166 Å². The predicted molar refractivity (Wildman–Crippen MR) is 116 cm³/mol. The zero-order valence-electron chi connectivity index (χ0n) is 16.3. The van der Waals surface area contributed by atoms with Gasteiger partial charge in [-0.3, -0.25) is 0 Å². The summed E-state index contributed by atoms with van der Waals surface area (Å²) < 4.78 is 0. The maximum absolute atomic E-state index is 4.45. The minimum absolute atomic E-state index is 0.169. The third-order valence-corrected chi connectivity index (χ3v) is 6.24. The molecule has 1 aromatic heterocycles. The van der Waals surface area contributed by atoms with E-state index in [0.29, 0.717) is 5.92 Å². The molecule has 0 bridgehead atoms. The van der Waals surface area contributed by atoms with Crippen molar-refractivity contribution in [3.63, 3.8) is 0 Å². The summed E-state index contributed by atoms with van der Waals surface area (Å²) in [4.78, 5) is 0. The van der Waals surface area contributed by atoms with E-state index in [1.54, 1.807) is 11.3 Å². The summed E-state index contributed by atoms with van der Waals surface area (Å²) in [6.45, 7) is 6.71. The molecule has 3 heteroatoms. The molecule has 1 atom stereocenters. The number of aromatic nitrogens is 2. The van der Waals surface area contributed by atoms with E-state index in [1.165, 1.54) is 29.6 Å². The molecular formula is C24H26N2S. The number of allylic oxidation sites excluding steroid dienone is 8. The first kappa shape index (κ1) is 18.1. The van der Waals surface area contributed by atoms with E-state index in [1.807, 2.05) is 0 Å². The average molecular weight is 375 g/mol. The molecule has 0 amide bonds. The Morgan fingerprint density at radius 2 is 1.70 bits per heavy atom. The highest BCUT2D eigenvalue weighted by atomic mass is 32.1. The van der Waals surface area contributed by atoms with Crippen molar-refractivity contribution in [3.8, 4) is 10.6 Å². The van der Waals surface area contributed by atoms with E-state index in [2.05, 4.69) is 91.7 Å². The van der Waals surface area contributed by atoms with Crippen LogP contribution in [0.15, 0.2) is 66.3 Å². The van der Waals surface area contributed by atoms with Crippen molar-refractivity contribution in [3.05, 3.63) is 76.9 Å². The topological polar surface area (TPSA) is 25.8 Å². The van der Waals surface area contributed by atoms with Crippen molar-refractivity contribution in [2.75, 3.05) is 0 Å². The molecule has 27 heavy (non-hydrogen) atoms. The van der Waals surface area contributed by atoms with Crippen LogP contribution in [0.5, 0.6) is 0 Å². The molecule has 2 aliphatic carbocycles. The van der Waals surface area contributed by atoms with Crippen LogP contribution < -0.4 is 0 Å². The summed E-state index contributed by atoms with van der Waals surface area (Å²) in [5.41, 5.74) is 5.29. The lowest BCUT2D eigenvalue weighted by Gasteiger charge is -2.18. The Balaban J connectivity index is 1.49. The quantitative estimate of drug-likeness (QED) is 0.594. The highest BCUT2D eigenvalue weighted by molar-refractivity contribution is 7.15. The minimum Gasteiger partial charge on any atom is -0.138 e. The molecule has 0 saturated heterocycles. The third-order valence-electron chi connectivity index (χ3n) is 5.22. The van der Waals surface area contributed by atoms with Crippen LogP contribution in [-0.2, 0) is 5.41 Å². The van der Waals surface area contributed by atoms with Crippen molar-refractivity contribution in [2.24, 2.45) is 5.92 Å². The largest absolute Gasteiger partial charge is 0.148 e. The van der Waals surface area contributed by atoms with Gasteiger partial charge in [0.25, 0.3) is 0 Å². The van der Waals surface area contributed by atoms with Crippen LogP contribution in [0.4, 0.5) is 0 Å². The van der Waals surface area contributed by atoms with Gasteiger partial charge in [-0.15, -0.1) is 10.2 Å². The molecule has 138 valence electrons.